The molecule has 7 nitrogen and oxygen atoms in total. The largest absolute Gasteiger partial charge is 0.497 e. The Labute approximate surface area is 176 Å². The molecule has 3 heterocycles. The van der Waals surface area contributed by atoms with E-state index in [9.17, 15) is 9.59 Å². The minimum absolute atomic E-state index is 0.248. The van der Waals surface area contributed by atoms with Gasteiger partial charge in [0.2, 0.25) is 0 Å². The summed E-state index contributed by atoms with van der Waals surface area (Å²) in [6.45, 7) is 3.59. The summed E-state index contributed by atoms with van der Waals surface area (Å²) < 4.78 is 17.8. The van der Waals surface area contributed by atoms with Gasteiger partial charge in [-0.1, -0.05) is 23.5 Å². The SMILES string of the molecule is COC(=O)C1=C(C)N=c2s/c(=C\c3ccc(C)o3)c(=O)n2[C@H]1c1ccc(OC)cc1. The summed E-state index contributed by atoms with van der Waals surface area (Å²) >= 11 is 1.25. The molecule has 1 aromatic carbocycles. The number of fused-ring (bicyclic) bond motifs is 1. The van der Waals surface area contributed by atoms with Crippen LogP contribution in [0.1, 0.15) is 30.0 Å². The van der Waals surface area contributed by atoms with Crippen molar-refractivity contribution in [3.8, 4) is 5.75 Å². The molecule has 1 aliphatic rings. The number of benzene rings is 1. The third-order valence-electron chi connectivity index (χ3n) is 4.89. The molecule has 4 rings (SSSR count). The number of esters is 1. The normalized spacial score (nSPS) is 16.3. The van der Waals surface area contributed by atoms with Crippen LogP contribution in [0.25, 0.3) is 6.08 Å². The summed E-state index contributed by atoms with van der Waals surface area (Å²) in [6.07, 6.45) is 1.69. The molecule has 8 heteroatoms. The first-order valence-electron chi connectivity index (χ1n) is 9.24. The summed E-state index contributed by atoms with van der Waals surface area (Å²) in [6, 6.07) is 10.2. The lowest BCUT2D eigenvalue weighted by molar-refractivity contribution is -0.136. The second-order valence-corrected chi connectivity index (χ2v) is 7.80. The van der Waals surface area contributed by atoms with Crippen LogP contribution >= 0.6 is 11.3 Å². The topological polar surface area (TPSA) is 83.0 Å². The molecule has 3 aromatic rings. The van der Waals surface area contributed by atoms with Gasteiger partial charge in [0.1, 0.15) is 17.3 Å². The molecule has 0 unspecified atom stereocenters. The Morgan fingerprint density at radius 2 is 1.90 bits per heavy atom. The van der Waals surface area contributed by atoms with Crippen LogP contribution in [0.4, 0.5) is 0 Å². The number of aryl methyl sites for hydroxylation is 1. The van der Waals surface area contributed by atoms with E-state index in [4.69, 9.17) is 13.9 Å². The van der Waals surface area contributed by atoms with Gasteiger partial charge in [-0.2, -0.15) is 0 Å². The van der Waals surface area contributed by atoms with E-state index in [0.29, 0.717) is 32.1 Å². The Hall–Kier alpha value is -3.39. The van der Waals surface area contributed by atoms with Crippen molar-refractivity contribution in [2.24, 2.45) is 4.99 Å². The number of hydrogen-bond donors (Lipinski definition) is 0. The Morgan fingerprint density at radius 1 is 1.17 bits per heavy atom. The molecular formula is C22H20N2O5S. The van der Waals surface area contributed by atoms with E-state index < -0.39 is 12.0 Å². The number of methoxy groups -OCH3 is 2. The van der Waals surface area contributed by atoms with Gasteiger partial charge >= 0.3 is 5.97 Å². The molecule has 0 N–H and O–H groups in total. The Kier molecular flexibility index (Phi) is 5.17. The van der Waals surface area contributed by atoms with E-state index in [2.05, 4.69) is 4.99 Å². The van der Waals surface area contributed by atoms with E-state index in [1.807, 2.05) is 25.1 Å². The first kappa shape index (κ1) is 19.9. The predicted molar refractivity (Wildman–Crippen MR) is 112 cm³/mol. The highest BCUT2D eigenvalue weighted by Gasteiger charge is 2.33. The van der Waals surface area contributed by atoms with E-state index in [1.165, 1.54) is 23.0 Å². The van der Waals surface area contributed by atoms with Gasteiger partial charge in [-0.05, 0) is 43.7 Å². The van der Waals surface area contributed by atoms with Crippen molar-refractivity contribution in [1.82, 2.24) is 4.57 Å². The average molecular weight is 424 g/mol. The van der Waals surface area contributed by atoms with Crippen LogP contribution in [0.15, 0.2) is 61.9 Å². The van der Waals surface area contributed by atoms with Gasteiger partial charge in [-0.15, -0.1) is 0 Å². The van der Waals surface area contributed by atoms with Gasteiger partial charge in [-0.3, -0.25) is 9.36 Å². The highest BCUT2D eigenvalue weighted by molar-refractivity contribution is 7.07. The smallest absolute Gasteiger partial charge is 0.338 e. The molecule has 2 aromatic heterocycles. The monoisotopic (exact) mass is 424 g/mol. The number of carbonyl (C=O) groups is 1. The lowest BCUT2D eigenvalue weighted by Gasteiger charge is -2.24. The molecule has 1 aliphatic heterocycles. The molecule has 0 fully saturated rings. The minimum atomic E-state index is -0.653. The maximum atomic E-state index is 13.3. The van der Waals surface area contributed by atoms with Crippen LogP contribution in [0.5, 0.6) is 5.75 Å². The third kappa shape index (κ3) is 3.39. The van der Waals surface area contributed by atoms with Crippen LogP contribution in [0.2, 0.25) is 0 Å². The molecular weight excluding hydrogens is 404 g/mol. The van der Waals surface area contributed by atoms with Crippen LogP contribution in [-0.2, 0) is 9.53 Å². The molecule has 0 aliphatic carbocycles. The van der Waals surface area contributed by atoms with Crippen LogP contribution in [0, 0.1) is 6.92 Å². The number of hydrogen-bond acceptors (Lipinski definition) is 7. The first-order chi connectivity index (χ1) is 14.4. The lowest BCUT2D eigenvalue weighted by Crippen LogP contribution is -2.39. The van der Waals surface area contributed by atoms with Gasteiger partial charge < -0.3 is 13.9 Å². The van der Waals surface area contributed by atoms with E-state index in [1.54, 1.807) is 38.3 Å². The number of furan rings is 1. The van der Waals surface area contributed by atoms with E-state index in [-0.39, 0.29) is 5.56 Å². The zero-order valence-corrected chi connectivity index (χ0v) is 17.8. The number of aromatic nitrogens is 1. The highest BCUT2D eigenvalue weighted by atomic mass is 32.1. The van der Waals surface area contributed by atoms with Gasteiger partial charge in [-0.25, -0.2) is 9.79 Å². The summed E-state index contributed by atoms with van der Waals surface area (Å²) in [7, 11) is 2.90. The molecule has 30 heavy (non-hydrogen) atoms. The quantitative estimate of drug-likeness (QED) is 0.601. The Morgan fingerprint density at radius 3 is 2.50 bits per heavy atom. The number of nitrogens with zero attached hydrogens (tertiary/aromatic N) is 2. The van der Waals surface area contributed by atoms with Crippen molar-refractivity contribution in [3.05, 3.63) is 84.4 Å². The summed E-state index contributed by atoms with van der Waals surface area (Å²) in [5.74, 6) is 1.50. The van der Waals surface area contributed by atoms with Crippen LogP contribution in [0.3, 0.4) is 0 Å². The first-order valence-corrected chi connectivity index (χ1v) is 10.1. The second kappa shape index (κ2) is 7.79. The van der Waals surface area contributed by atoms with Gasteiger partial charge in [0.25, 0.3) is 5.56 Å². The third-order valence-corrected chi connectivity index (χ3v) is 5.88. The van der Waals surface area contributed by atoms with Crippen molar-refractivity contribution in [2.45, 2.75) is 19.9 Å². The van der Waals surface area contributed by atoms with Crippen molar-refractivity contribution in [1.29, 1.82) is 0 Å². The molecule has 154 valence electrons. The molecule has 0 amide bonds. The number of ether oxygens (including phenoxy) is 2. The molecule has 0 bridgehead atoms. The van der Waals surface area contributed by atoms with Gasteiger partial charge in [0, 0.05) is 6.08 Å². The van der Waals surface area contributed by atoms with Crippen molar-refractivity contribution >= 4 is 23.4 Å². The predicted octanol–water partition coefficient (Wildman–Crippen LogP) is 2.32. The minimum Gasteiger partial charge on any atom is -0.497 e. The van der Waals surface area contributed by atoms with Crippen molar-refractivity contribution in [2.75, 3.05) is 14.2 Å². The summed E-state index contributed by atoms with van der Waals surface area (Å²) in [5, 5.41) is 0. The Bertz CT molecular complexity index is 1330. The fraction of sp³-hybridized carbons (Fsp3) is 0.227. The molecule has 0 saturated carbocycles. The maximum absolute atomic E-state index is 13.3. The maximum Gasteiger partial charge on any atom is 0.338 e. The van der Waals surface area contributed by atoms with Crippen LogP contribution in [-0.4, -0.2) is 24.8 Å². The van der Waals surface area contributed by atoms with Crippen molar-refractivity contribution < 1.29 is 18.7 Å². The van der Waals surface area contributed by atoms with Crippen LogP contribution < -0.4 is 19.6 Å². The Balaban J connectivity index is 1.96. The fourth-order valence-electron chi connectivity index (χ4n) is 3.45. The average Bonchev–Trinajstić information content (AvgIpc) is 3.29. The molecule has 0 spiro atoms. The lowest BCUT2D eigenvalue weighted by atomic mass is 9.96. The van der Waals surface area contributed by atoms with E-state index >= 15 is 0 Å². The fourth-order valence-corrected chi connectivity index (χ4v) is 4.48. The van der Waals surface area contributed by atoms with Crippen molar-refractivity contribution in [3.63, 3.8) is 0 Å². The highest BCUT2D eigenvalue weighted by Crippen LogP contribution is 2.31. The number of rotatable bonds is 4. The van der Waals surface area contributed by atoms with Gasteiger partial charge in [0.05, 0.1) is 36.1 Å². The number of thiazole rings is 1. The molecule has 0 radical (unpaired) electrons. The zero-order chi connectivity index (χ0) is 21.4. The summed E-state index contributed by atoms with van der Waals surface area (Å²) in [4.78, 5) is 31.0. The standard InChI is InChI=1S/C22H20N2O5S/c1-12-5-8-16(29-12)11-17-20(25)24-19(14-6-9-15(27-3)10-7-14)18(21(26)28-4)13(2)23-22(24)30-17/h5-11,19H,1-4H3/b17-11-/t19-/m0/s1. The van der Waals surface area contributed by atoms with E-state index in [0.717, 1.165) is 11.3 Å². The number of allylic oxidation sites excluding steroid dienone is 1. The summed E-state index contributed by atoms with van der Waals surface area (Å²) in [5.41, 5.74) is 1.36. The number of carbonyl (C=O) groups excluding carboxylic acids is 1. The molecule has 1 atom stereocenters. The molecule has 0 saturated heterocycles. The second-order valence-electron chi connectivity index (χ2n) is 6.79. The van der Waals surface area contributed by atoms with Gasteiger partial charge in [0.15, 0.2) is 4.80 Å². The zero-order valence-electron chi connectivity index (χ0n) is 17.0.